The number of hydrogen-bond acceptors (Lipinski definition) is 2. The third-order valence-corrected chi connectivity index (χ3v) is 2.43. The largest absolute Gasteiger partial charge is 0.388 e. The Kier molecular flexibility index (Phi) is 5.37. The first-order valence-corrected chi connectivity index (χ1v) is 5.56. The van der Waals surface area contributed by atoms with Crippen LogP contribution >= 0.6 is 0 Å². The summed E-state index contributed by atoms with van der Waals surface area (Å²) in [5.41, 5.74) is 2.22. The number of ether oxygens (including phenoxy) is 1. The van der Waals surface area contributed by atoms with Crippen LogP contribution in [0.5, 0.6) is 0 Å². The van der Waals surface area contributed by atoms with Gasteiger partial charge >= 0.3 is 0 Å². The lowest BCUT2D eigenvalue weighted by molar-refractivity contribution is 0.114. The molecule has 0 bridgehead atoms. The fourth-order valence-electron chi connectivity index (χ4n) is 1.48. The maximum Gasteiger partial charge on any atom is 0.0790 e. The molecule has 0 saturated heterocycles. The quantitative estimate of drug-likeness (QED) is 0.728. The Balaban J connectivity index is 2.33. The Morgan fingerprint density at radius 3 is 2.53 bits per heavy atom. The molecule has 0 spiro atoms. The molecule has 0 aromatic heterocycles. The van der Waals surface area contributed by atoms with Crippen molar-refractivity contribution in [2.45, 2.75) is 32.8 Å². The Labute approximate surface area is 91.9 Å². The molecule has 0 radical (unpaired) electrons. The molecule has 0 heterocycles. The Morgan fingerprint density at radius 2 is 1.93 bits per heavy atom. The van der Waals surface area contributed by atoms with Crippen molar-refractivity contribution < 1.29 is 9.84 Å². The van der Waals surface area contributed by atoms with E-state index in [1.807, 2.05) is 38.1 Å². The average Bonchev–Trinajstić information content (AvgIpc) is 2.25. The van der Waals surface area contributed by atoms with Crippen LogP contribution in [0.1, 0.15) is 37.0 Å². The normalized spacial score (nSPS) is 12.7. The van der Waals surface area contributed by atoms with Gasteiger partial charge in [0.2, 0.25) is 0 Å². The molecule has 0 fully saturated rings. The number of aliphatic hydroxyl groups is 1. The summed E-state index contributed by atoms with van der Waals surface area (Å²) in [5, 5.41) is 9.86. The number of hydrogen-bond donors (Lipinski definition) is 1. The van der Waals surface area contributed by atoms with Gasteiger partial charge in [0.05, 0.1) is 6.10 Å². The monoisotopic (exact) mass is 208 g/mol. The van der Waals surface area contributed by atoms with Gasteiger partial charge in [-0.15, -0.1) is 0 Å². The zero-order chi connectivity index (χ0) is 11.1. The van der Waals surface area contributed by atoms with Crippen LogP contribution in [0.25, 0.3) is 0 Å². The highest BCUT2D eigenvalue weighted by atomic mass is 16.5. The fourth-order valence-corrected chi connectivity index (χ4v) is 1.48. The summed E-state index contributed by atoms with van der Waals surface area (Å²) < 4.78 is 5.23. The van der Waals surface area contributed by atoms with E-state index in [1.165, 1.54) is 5.56 Å². The summed E-state index contributed by atoms with van der Waals surface area (Å²) in [6.45, 7) is 5.52. The molecule has 1 rings (SSSR count). The number of aryl methyl sites for hydroxylation is 1. The van der Waals surface area contributed by atoms with Gasteiger partial charge in [0.15, 0.2) is 0 Å². The molecule has 1 aromatic carbocycles. The highest BCUT2D eigenvalue weighted by molar-refractivity contribution is 5.22. The van der Waals surface area contributed by atoms with E-state index >= 15 is 0 Å². The van der Waals surface area contributed by atoms with Crippen molar-refractivity contribution in [2.24, 2.45) is 0 Å². The van der Waals surface area contributed by atoms with Crippen LogP contribution in [-0.4, -0.2) is 18.3 Å². The lowest BCUT2D eigenvalue weighted by atomic mass is 10.0. The van der Waals surface area contributed by atoms with E-state index in [0.717, 1.165) is 31.6 Å². The average molecular weight is 208 g/mol. The molecule has 84 valence electrons. The second kappa shape index (κ2) is 6.59. The summed E-state index contributed by atoms with van der Waals surface area (Å²) in [5.74, 6) is 0. The molecule has 2 nitrogen and oxygen atoms in total. The smallest absolute Gasteiger partial charge is 0.0790 e. The standard InChI is InChI=1S/C13H20O2/c1-3-15-10-4-5-13(14)12-8-6-11(2)7-9-12/h6-9,13-14H,3-5,10H2,1-2H3. The van der Waals surface area contributed by atoms with Gasteiger partial charge in [-0.3, -0.25) is 0 Å². The summed E-state index contributed by atoms with van der Waals surface area (Å²) in [7, 11) is 0. The summed E-state index contributed by atoms with van der Waals surface area (Å²) in [6, 6.07) is 8.03. The van der Waals surface area contributed by atoms with E-state index in [-0.39, 0.29) is 6.10 Å². The zero-order valence-corrected chi connectivity index (χ0v) is 9.57. The predicted octanol–water partition coefficient (Wildman–Crippen LogP) is 2.85. The molecular weight excluding hydrogens is 188 g/mol. The summed E-state index contributed by atoms with van der Waals surface area (Å²) in [6.07, 6.45) is 1.32. The molecule has 1 aromatic rings. The molecule has 2 heteroatoms. The minimum absolute atomic E-state index is 0.356. The van der Waals surface area contributed by atoms with Crippen LogP contribution < -0.4 is 0 Å². The minimum atomic E-state index is -0.356. The van der Waals surface area contributed by atoms with E-state index < -0.39 is 0 Å². The van der Waals surface area contributed by atoms with Gasteiger partial charge in [-0.25, -0.2) is 0 Å². The predicted molar refractivity (Wildman–Crippen MR) is 61.9 cm³/mol. The lowest BCUT2D eigenvalue weighted by Crippen LogP contribution is -2.00. The van der Waals surface area contributed by atoms with Crippen molar-refractivity contribution in [3.8, 4) is 0 Å². The van der Waals surface area contributed by atoms with Gasteiger partial charge in [-0.1, -0.05) is 29.8 Å². The number of aliphatic hydroxyl groups excluding tert-OH is 1. The second-order valence-electron chi connectivity index (χ2n) is 3.77. The molecule has 0 amide bonds. The number of benzene rings is 1. The molecule has 0 aliphatic carbocycles. The van der Waals surface area contributed by atoms with E-state index in [9.17, 15) is 5.11 Å². The van der Waals surface area contributed by atoms with E-state index in [0.29, 0.717) is 0 Å². The first-order chi connectivity index (χ1) is 7.24. The van der Waals surface area contributed by atoms with Crippen LogP contribution in [0.4, 0.5) is 0 Å². The van der Waals surface area contributed by atoms with Gasteiger partial charge in [0.25, 0.3) is 0 Å². The van der Waals surface area contributed by atoms with Crippen LogP contribution in [-0.2, 0) is 4.74 Å². The van der Waals surface area contributed by atoms with Crippen molar-refractivity contribution in [1.29, 1.82) is 0 Å². The third-order valence-electron chi connectivity index (χ3n) is 2.43. The van der Waals surface area contributed by atoms with E-state index in [1.54, 1.807) is 0 Å². The SMILES string of the molecule is CCOCCCC(O)c1ccc(C)cc1. The number of rotatable bonds is 6. The van der Waals surface area contributed by atoms with Crippen LogP contribution in [0, 0.1) is 6.92 Å². The van der Waals surface area contributed by atoms with Crippen LogP contribution in [0.15, 0.2) is 24.3 Å². The molecule has 1 unspecified atom stereocenters. The van der Waals surface area contributed by atoms with Crippen molar-refractivity contribution in [3.63, 3.8) is 0 Å². The van der Waals surface area contributed by atoms with Crippen molar-refractivity contribution >= 4 is 0 Å². The molecule has 1 atom stereocenters. The maximum absolute atomic E-state index is 9.86. The molecule has 0 saturated carbocycles. The third kappa shape index (κ3) is 4.45. The molecular formula is C13H20O2. The van der Waals surface area contributed by atoms with E-state index in [4.69, 9.17) is 4.74 Å². The van der Waals surface area contributed by atoms with Crippen LogP contribution in [0.3, 0.4) is 0 Å². The molecule has 0 aliphatic rings. The van der Waals surface area contributed by atoms with Gasteiger partial charge < -0.3 is 9.84 Å². The van der Waals surface area contributed by atoms with Crippen molar-refractivity contribution in [2.75, 3.05) is 13.2 Å². The molecule has 1 N–H and O–H groups in total. The van der Waals surface area contributed by atoms with E-state index in [2.05, 4.69) is 0 Å². The lowest BCUT2D eigenvalue weighted by Gasteiger charge is -2.10. The van der Waals surface area contributed by atoms with Crippen molar-refractivity contribution in [1.82, 2.24) is 0 Å². The van der Waals surface area contributed by atoms with Gasteiger partial charge in [0.1, 0.15) is 0 Å². The van der Waals surface area contributed by atoms with Gasteiger partial charge in [-0.05, 0) is 32.3 Å². The maximum atomic E-state index is 9.86. The highest BCUT2D eigenvalue weighted by Gasteiger charge is 2.06. The first kappa shape index (κ1) is 12.2. The first-order valence-electron chi connectivity index (χ1n) is 5.56. The van der Waals surface area contributed by atoms with Gasteiger partial charge in [-0.2, -0.15) is 0 Å². The summed E-state index contributed by atoms with van der Waals surface area (Å²) >= 11 is 0. The van der Waals surface area contributed by atoms with Crippen LogP contribution in [0.2, 0.25) is 0 Å². The second-order valence-corrected chi connectivity index (χ2v) is 3.77. The Morgan fingerprint density at radius 1 is 1.27 bits per heavy atom. The zero-order valence-electron chi connectivity index (χ0n) is 9.57. The minimum Gasteiger partial charge on any atom is -0.388 e. The fraction of sp³-hybridized carbons (Fsp3) is 0.538. The molecule has 15 heavy (non-hydrogen) atoms. The Bertz CT molecular complexity index is 266. The topological polar surface area (TPSA) is 29.5 Å². The van der Waals surface area contributed by atoms with Crippen molar-refractivity contribution in [3.05, 3.63) is 35.4 Å². The Hall–Kier alpha value is -0.860. The highest BCUT2D eigenvalue weighted by Crippen LogP contribution is 2.18. The summed E-state index contributed by atoms with van der Waals surface area (Å²) in [4.78, 5) is 0. The molecule has 0 aliphatic heterocycles. The van der Waals surface area contributed by atoms with Gasteiger partial charge in [0, 0.05) is 13.2 Å².